The fraction of sp³-hybridized carbons (Fsp3) is 0.562. The van der Waals surface area contributed by atoms with Gasteiger partial charge < -0.3 is 15.0 Å². The van der Waals surface area contributed by atoms with E-state index in [1.165, 1.54) is 12.8 Å². The van der Waals surface area contributed by atoms with Crippen molar-refractivity contribution in [1.82, 2.24) is 5.32 Å². The first-order chi connectivity index (χ1) is 10.0. The van der Waals surface area contributed by atoms with Gasteiger partial charge >= 0.3 is 0 Å². The summed E-state index contributed by atoms with van der Waals surface area (Å²) < 4.78 is 5.63. The van der Waals surface area contributed by atoms with Gasteiger partial charge in [-0.25, -0.2) is 0 Å². The monoisotopic (exact) mass is 311 g/mol. The van der Waals surface area contributed by atoms with Crippen LogP contribution in [0.5, 0.6) is 5.75 Å². The Labute approximate surface area is 131 Å². The molecule has 0 radical (unpaired) electrons. The lowest BCUT2D eigenvalue weighted by Gasteiger charge is -2.17. The van der Waals surface area contributed by atoms with E-state index in [0.29, 0.717) is 30.1 Å². The Kier molecular flexibility index (Phi) is 5.88. The van der Waals surface area contributed by atoms with E-state index in [2.05, 4.69) is 12.2 Å². The minimum Gasteiger partial charge on any atom is -0.488 e. The molecule has 2 rings (SSSR count). The number of amides is 1. The second kappa shape index (κ2) is 7.66. The van der Waals surface area contributed by atoms with Crippen LogP contribution in [0.4, 0.5) is 0 Å². The average molecular weight is 312 g/mol. The van der Waals surface area contributed by atoms with E-state index >= 15 is 0 Å². The van der Waals surface area contributed by atoms with Crippen molar-refractivity contribution in [2.24, 2.45) is 5.92 Å². The number of hydrogen-bond donors (Lipinski definition) is 2. The van der Waals surface area contributed by atoms with Gasteiger partial charge in [-0.15, -0.1) is 0 Å². The van der Waals surface area contributed by atoms with Gasteiger partial charge in [0.05, 0.1) is 7.05 Å². The number of hydrogen-bond acceptors (Lipinski definition) is 2. The summed E-state index contributed by atoms with van der Waals surface area (Å²) in [6.07, 6.45) is 2.50. The predicted molar refractivity (Wildman–Crippen MR) is 83.9 cm³/mol. The molecule has 1 aromatic carbocycles. The smallest absolute Gasteiger partial charge is 0.275 e. The molecule has 0 bridgehead atoms. The largest absolute Gasteiger partial charge is 0.488 e. The highest BCUT2D eigenvalue weighted by Crippen LogP contribution is 2.32. The van der Waals surface area contributed by atoms with Crippen molar-refractivity contribution < 1.29 is 14.4 Å². The van der Waals surface area contributed by atoms with Crippen LogP contribution in [0.3, 0.4) is 0 Å². The van der Waals surface area contributed by atoms with Crippen LogP contribution in [0, 0.1) is 5.92 Å². The number of likely N-dealkylation sites (N-methyl/N-ethyl adjacent to an activating group) is 1. The van der Waals surface area contributed by atoms with Crippen LogP contribution in [0.25, 0.3) is 0 Å². The molecule has 1 fully saturated rings. The molecule has 1 aliphatic carbocycles. The minimum atomic E-state index is 0.124. The van der Waals surface area contributed by atoms with Gasteiger partial charge in [0.25, 0.3) is 5.91 Å². The van der Waals surface area contributed by atoms with Gasteiger partial charge in [0.2, 0.25) is 0 Å². The lowest BCUT2D eigenvalue weighted by atomic mass is 10.2. The van der Waals surface area contributed by atoms with Gasteiger partial charge in [-0.3, -0.25) is 4.79 Å². The Hall–Kier alpha value is -1.26. The van der Waals surface area contributed by atoms with Crippen molar-refractivity contribution in [2.45, 2.75) is 25.8 Å². The van der Waals surface area contributed by atoms with Crippen LogP contribution in [0.15, 0.2) is 24.3 Å². The summed E-state index contributed by atoms with van der Waals surface area (Å²) >= 11 is 5.82. The fourth-order valence-electron chi connectivity index (χ4n) is 2.26. The lowest BCUT2D eigenvalue weighted by Crippen LogP contribution is -3.10. The number of carbonyl (C=O) groups is 1. The second-order valence-corrected chi connectivity index (χ2v) is 6.32. The van der Waals surface area contributed by atoms with Crippen molar-refractivity contribution in [3.8, 4) is 5.75 Å². The van der Waals surface area contributed by atoms with Gasteiger partial charge in [0.1, 0.15) is 18.9 Å². The van der Waals surface area contributed by atoms with Crippen molar-refractivity contribution in [1.29, 1.82) is 0 Å². The zero-order valence-electron chi connectivity index (χ0n) is 12.7. The van der Waals surface area contributed by atoms with Crippen molar-refractivity contribution in [3.63, 3.8) is 0 Å². The molecule has 2 N–H and O–H groups in total. The third kappa shape index (κ3) is 5.94. The topological polar surface area (TPSA) is 42.8 Å². The van der Waals surface area contributed by atoms with E-state index in [0.717, 1.165) is 17.2 Å². The molecule has 1 unspecified atom stereocenters. The highest BCUT2D eigenvalue weighted by atomic mass is 35.5. The quantitative estimate of drug-likeness (QED) is 0.756. The standard InChI is InChI=1S/C16H23ClN2O2/c1-12(13-3-4-13)18-16(20)11-19(2)9-10-21-15-7-5-14(17)6-8-15/h5-8,12-13H,3-4,9-11H2,1-2H3,(H,18,20)/p+1/t12-/m1/s1. The first-order valence-electron chi connectivity index (χ1n) is 7.53. The summed E-state index contributed by atoms with van der Waals surface area (Å²) in [6, 6.07) is 7.62. The zero-order valence-corrected chi connectivity index (χ0v) is 13.5. The predicted octanol–water partition coefficient (Wildman–Crippen LogP) is 1.15. The fourth-order valence-corrected chi connectivity index (χ4v) is 2.38. The van der Waals surface area contributed by atoms with Crippen LogP contribution in [-0.4, -0.2) is 38.7 Å². The van der Waals surface area contributed by atoms with Crippen molar-refractivity contribution in [3.05, 3.63) is 29.3 Å². The molecule has 4 nitrogen and oxygen atoms in total. The number of carbonyl (C=O) groups excluding carboxylic acids is 1. The van der Waals surface area contributed by atoms with Crippen LogP contribution >= 0.6 is 11.6 Å². The lowest BCUT2D eigenvalue weighted by molar-refractivity contribution is -0.871. The van der Waals surface area contributed by atoms with Crippen LogP contribution in [-0.2, 0) is 4.79 Å². The summed E-state index contributed by atoms with van der Waals surface area (Å²) in [5.41, 5.74) is 0. The maximum absolute atomic E-state index is 11.9. The molecular weight excluding hydrogens is 288 g/mol. The molecule has 1 aromatic rings. The van der Waals surface area contributed by atoms with Gasteiger partial charge in [0.15, 0.2) is 6.54 Å². The minimum absolute atomic E-state index is 0.124. The Bertz CT molecular complexity index is 460. The summed E-state index contributed by atoms with van der Waals surface area (Å²) in [4.78, 5) is 13.0. The summed E-state index contributed by atoms with van der Waals surface area (Å²) in [6.45, 7) is 3.95. The molecule has 1 saturated carbocycles. The molecule has 2 atom stereocenters. The number of nitrogens with one attached hydrogen (secondary N) is 2. The molecule has 1 amide bonds. The number of ether oxygens (including phenoxy) is 1. The molecule has 5 heteroatoms. The molecule has 0 aliphatic heterocycles. The molecule has 0 saturated heterocycles. The van der Waals surface area contributed by atoms with Gasteiger partial charge in [0, 0.05) is 11.1 Å². The number of benzene rings is 1. The normalized spacial score (nSPS) is 17.1. The van der Waals surface area contributed by atoms with Crippen LogP contribution in [0.2, 0.25) is 5.02 Å². The highest BCUT2D eigenvalue weighted by molar-refractivity contribution is 6.30. The van der Waals surface area contributed by atoms with Gasteiger partial charge in [-0.05, 0) is 49.9 Å². The number of halogens is 1. The van der Waals surface area contributed by atoms with E-state index in [1.54, 1.807) is 12.1 Å². The van der Waals surface area contributed by atoms with E-state index < -0.39 is 0 Å². The third-order valence-electron chi connectivity index (χ3n) is 3.79. The molecule has 116 valence electrons. The Morgan fingerprint density at radius 2 is 2.10 bits per heavy atom. The summed E-state index contributed by atoms with van der Waals surface area (Å²) in [5, 5.41) is 3.77. The van der Waals surface area contributed by atoms with Crippen LogP contribution in [0.1, 0.15) is 19.8 Å². The summed E-state index contributed by atoms with van der Waals surface area (Å²) in [5.74, 6) is 1.62. The Balaban J connectivity index is 1.61. The highest BCUT2D eigenvalue weighted by Gasteiger charge is 2.29. The van der Waals surface area contributed by atoms with E-state index in [-0.39, 0.29) is 5.91 Å². The first kappa shape index (κ1) is 16.1. The molecule has 0 heterocycles. The second-order valence-electron chi connectivity index (χ2n) is 5.88. The van der Waals surface area contributed by atoms with E-state index in [4.69, 9.17) is 16.3 Å². The molecule has 0 aromatic heterocycles. The first-order valence-corrected chi connectivity index (χ1v) is 7.91. The summed E-state index contributed by atoms with van der Waals surface area (Å²) in [7, 11) is 2.01. The number of quaternary nitrogens is 1. The van der Waals surface area contributed by atoms with Gasteiger partial charge in [-0.2, -0.15) is 0 Å². The molecule has 1 aliphatic rings. The molecule has 0 spiro atoms. The Morgan fingerprint density at radius 1 is 1.43 bits per heavy atom. The SMILES string of the molecule is C[C@@H](NC(=O)C[NH+](C)CCOc1ccc(Cl)cc1)C1CC1. The van der Waals surface area contributed by atoms with Crippen LogP contribution < -0.4 is 15.0 Å². The van der Waals surface area contributed by atoms with E-state index in [9.17, 15) is 4.79 Å². The third-order valence-corrected chi connectivity index (χ3v) is 4.04. The average Bonchev–Trinajstić information content (AvgIpc) is 3.25. The zero-order chi connectivity index (χ0) is 15.2. The molecule has 21 heavy (non-hydrogen) atoms. The number of rotatable bonds is 8. The Morgan fingerprint density at radius 3 is 2.71 bits per heavy atom. The molecular formula is C16H24ClN2O2+. The maximum atomic E-state index is 11.9. The van der Waals surface area contributed by atoms with E-state index in [1.807, 2.05) is 19.2 Å². The van der Waals surface area contributed by atoms with Crippen molar-refractivity contribution in [2.75, 3.05) is 26.7 Å². The van der Waals surface area contributed by atoms with Crippen molar-refractivity contribution >= 4 is 17.5 Å². The van der Waals surface area contributed by atoms with Gasteiger partial charge in [-0.1, -0.05) is 11.6 Å². The maximum Gasteiger partial charge on any atom is 0.275 e.